The number of hydrogen-bond donors (Lipinski definition) is 1. The minimum absolute atomic E-state index is 0.890. The Balaban J connectivity index is 1.90. The molecule has 2 nitrogen and oxygen atoms in total. The van der Waals surface area contributed by atoms with E-state index in [1.165, 1.54) is 16.7 Å². The van der Waals surface area contributed by atoms with Crippen molar-refractivity contribution in [3.63, 3.8) is 0 Å². The molecule has 2 heterocycles. The molecule has 1 aromatic heterocycles. The van der Waals surface area contributed by atoms with Crippen LogP contribution in [0.5, 0.6) is 0 Å². The van der Waals surface area contributed by atoms with E-state index in [-0.39, 0.29) is 0 Å². The second-order valence-electron chi connectivity index (χ2n) is 3.75. The molecule has 0 unspecified atom stereocenters. The maximum atomic E-state index is 4.41. The van der Waals surface area contributed by atoms with E-state index < -0.39 is 0 Å². The summed E-state index contributed by atoms with van der Waals surface area (Å²) < 4.78 is 0. The Morgan fingerprint density at radius 3 is 2.44 bits per heavy atom. The molecule has 3 heteroatoms. The van der Waals surface area contributed by atoms with Crippen LogP contribution in [0.25, 0.3) is 11.1 Å². The van der Waals surface area contributed by atoms with E-state index >= 15 is 0 Å². The third-order valence-electron chi connectivity index (χ3n) is 2.69. The average Bonchev–Trinajstić information content (AvgIpc) is 3.03. The molecule has 0 atom stereocenters. The second-order valence-corrected chi connectivity index (χ2v) is 4.53. The van der Waals surface area contributed by atoms with Crippen molar-refractivity contribution >= 4 is 17.2 Å². The van der Waals surface area contributed by atoms with Gasteiger partial charge >= 0.3 is 0 Å². The molecule has 80 valence electrons. The van der Waals surface area contributed by atoms with Crippen molar-refractivity contribution in [1.82, 2.24) is 5.32 Å². The molecule has 0 saturated heterocycles. The normalized spacial score (nSPS) is 14.6. The molecule has 1 aliphatic heterocycles. The van der Waals surface area contributed by atoms with Crippen molar-refractivity contribution in [1.29, 1.82) is 0 Å². The maximum absolute atomic E-state index is 4.41. The molecule has 0 saturated carbocycles. The van der Waals surface area contributed by atoms with E-state index in [0.29, 0.717) is 0 Å². The molecule has 2 aromatic rings. The Hall–Kier alpha value is -1.61. The first-order valence-corrected chi connectivity index (χ1v) is 6.29. The van der Waals surface area contributed by atoms with Gasteiger partial charge in [-0.2, -0.15) is 11.3 Å². The van der Waals surface area contributed by atoms with Crippen LogP contribution in [0.1, 0.15) is 5.56 Å². The molecule has 0 radical (unpaired) electrons. The highest BCUT2D eigenvalue weighted by Gasteiger charge is 2.07. The Morgan fingerprint density at radius 1 is 1.00 bits per heavy atom. The lowest BCUT2D eigenvalue weighted by Gasteiger charge is -2.03. The van der Waals surface area contributed by atoms with E-state index in [4.69, 9.17) is 0 Å². The minimum Gasteiger partial charge on any atom is -0.368 e. The lowest BCUT2D eigenvalue weighted by molar-refractivity contribution is 0.960. The van der Waals surface area contributed by atoms with E-state index in [9.17, 15) is 0 Å². The Morgan fingerprint density at radius 2 is 1.81 bits per heavy atom. The van der Waals surface area contributed by atoms with E-state index in [1.807, 2.05) is 0 Å². The molecule has 1 N–H and O–H groups in total. The zero-order valence-corrected chi connectivity index (χ0v) is 9.63. The molecule has 1 aromatic carbocycles. The van der Waals surface area contributed by atoms with Gasteiger partial charge in [0, 0.05) is 12.1 Å². The van der Waals surface area contributed by atoms with E-state index in [0.717, 1.165) is 18.9 Å². The van der Waals surface area contributed by atoms with Gasteiger partial charge in [0.2, 0.25) is 0 Å². The summed E-state index contributed by atoms with van der Waals surface area (Å²) in [6, 6.07) is 10.7. The number of nitrogens with one attached hydrogen (secondary N) is 1. The van der Waals surface area contributed by atoms with E-state index in [1.54, 1.807) is 11.3 Å². The fourth-order valence-corrected chi connectivity index (χ4v) is 2.51. The molecule has 16 heavy (non-hydrogen) atoms. The number of nitrogens with zero attached hydrogens (tertiary/aromatic N) is 1. The third kappa shape index (κ3) is 1.74. The fraction of sp³-hybridized carbons (Fsp3) is 0.154. The SMILES string of the molecule is c1cc(-c2ccc(C3=NCCN3)cc2)cs1. The lowest BCUT2D eigenvalue weighted by Crippen LogP contribution is -2.19. The molecule has 0 aliphatic carbocycles. The monoisotopic (exact) mass is 228 g/mol. The summed E-state index contributed by atoms with van der Waals surface area (Å²) in [4.78, 5) is 4.41. The van der Waals surface area contributed by atoms with Gasteiger partial charge in [-0.15, -0.1) is 0 Å². The average molecular weight is 228 g/mol. The van der Waals surface area contributed by atoms with Gasteiger partial charge in [-0.3, -0.25) is 4.99 Å². The summed E-state index contributed by atoms with van der Waals surface area (Å²) in [6.45, 7) is 1.85. The summed E-state index contributed by atoms with van der Waals surface area (Å²) in [5, 5.41) is 7.55. The molecule has 0 bridgehead atoms. The standard InChI is InChI=1S/C13H12N2S/c1-3-11(13-14-6-7-15-13)4-2-10(1)12-5-8-16-9-12/h1-5,8-9H,6-7H2,(H,14,15). The van der Waals surface area contributed by atoms with Crippen molar-refractivity contribution in [3.05, 3.63) is 46.7 Å². The predicted molar refractivity (Wildman–Crippen MR) is 69.2 cm³/mol. The van der Waals surface area contributed by atoms with Crippen LogP contribution in [-0.2, 0) is 0 Å². The second kappa shape index (κ2) is 4.10. The predicted octanol–water partition coefficient (Wildman–Crippen LogP) is 2.76. The molecule has 0 amide bonds. The molecule has 3 rings (SSSR count). The van der Waals surface area contributed by atoms with Gasteiger partial charge in [-0.1, -0.05) is 24.3 Å². The van der Waals surface area contributed by atoms with Crippen molar-refractivity contribution < 1.29 is 0 Å². The fourth-order valence-electron chi connectivity index (χ4n) is 1.84. The zero-order valence-electron chi connectivity index (χ0n) is 8.81. The van der Waals surface area contributed by atoms with Gasteiger partial charge < -0.3 is 5.32 Å². The minimum atomic E-state index is 0.890. The van der Waals surface area contributed by atoms with Crippen LogP contribution in [0.15, 0.2) is 46.1 Å². The summed E-state index contributed by atoms with van der Waals surface area (Å²) in [5.74, 6) is 1.02. The van der Waals surface area contributed by atoms with Gasteiger partial charge in [0.05, 0.1) is 6.54 Å². The van der Waals surface area contributed by atoms with Crippen molar-refractivity contribution in [2.75, 3.05) is 13.1 Å². The van der Waals surface area contributed by atoms with Crippen LogP contribution in [0.3, 0.4) is 0 Å². The number of benzene rings is 1. The number of amidine groups is 1. The topological polar surface area (TPSA) is 24.4 Å². The Kier molecular flexibility index (Phi) is 2.46. The number of thiophene rings is 1. The summed E-state index contributed by atoms with van der Waals surface area (Å²) in [7, 11) is 0. The highest BCUT2D eigenvalue weighted by molar-refractivity contribution is 7.08. The first-order chi connectivity index (χ1) is 7.93. The van der Waals surface area contributed by atoms with Crippen molar-refractivity contribution in [3.8, 4) is 11.1 Å². The number of rotatable bonds is 2. The molecule has 0 fully saturated rings. The Bertz CT molecular complexity index is 497. The highest BCUT2D eigenvalue weighted by Crippen LogP contribution is 2.22. The smallest absolute Gasteiger partial charge is 0.128 e. The lowest BCUT2D eigenvalue weighted by atomic mass is 10.1. The van der Waals surface area contributed by atoms with Crippen LogP contribution in [0.4, 0.5) is 0 Å². The van der Waals surface area contributed by atoms with Crippen LogP contribution in [-0.4, -0.2) is 18.9 Å². The van der Waals surface area contributed by atoms with Gasteiger partial charge in [0.1, 0.15) is 5.84 Å². The van der Waals surface area contributed by atoms with E-state index in [2.05, 4.69) is 51.4 Å². The summed E-state index contributed by atoms with van der Waals surface area (Å²) in [5.41, 5.74) is 3.73. The zero-order chi connectivity index (χ0) is 10.8. The molecular weight excluding hydrogens is 216 g/mol. The number of aliphatic imine (C=N–C) groups is 1. The highest BCUT2D eigenvalue weighted by atomic mass is 32.1. The first kappa shape index (κ1) is 9.60. The van der Waals surface area contributed by atoms with Crippen LogP contribution >= 0.6 is 11.3 Å². The van der Waals surface area contributed by atoms with Crippen molar-refractivity contribution in [2.24, 2.45) is 4.99 Å². The summed E-state index contributed by atoms with van der Waals surface area (Å²) >= 11 is 1.73. The first-order valence-electron chi connectivity index (χ1n) is 5.35. The molecule has 0 spiro atoms. The Labute approximate surface area is 98.7 Å². The van der Waals surface area contributed by atoms with Crippen molar-refractivity contribution in [2.45, 2.75) is 0 Å². The third-order valence-corrected chi connectivity index (χ3v) is 3.37. The van der Waals surface area contributed by atoms with Gasteiger partial charge in [0.25, 0.3) is 0 Å². The maximum Gasteiger partial charge on any atom is 0.128 e. The largest absolute Gasteiger partial charge is 0.368 e. The summed E-state index contributed by atoms with van der Waals surface area (Å²) in [6.07, 6.45) is 0. The quantitative estimate of drug-likeness (QED) is 0.839. The van der Waals surface area contributed by atoms with Crippen LogP contribution in [0, 0.1) is 0 Å². The van der Waals surface area contributed by atoms with Gasteiger partial charge in [-0.05, 0) is 28.0 Å². The van der Waals surface area contributed by atoms with Crippen LogP contribution < -0.4 is 5.32 Å². The molecule has 1 aliphatic rings. The van der Waals surface area contributed by atoms with Gasteiger partial charge in [0.15, 0.2) is 0 Å². The number of hydrogen-bond acceptors (Lipinski definition) is 3. The van der Waals surface area contributed by atoms with Crippen LogP contribution in [0.2, 0.25) is 0 Å². The van der Waals surface area contributed by atoms with Gasteiger partial charge in [-0.25, -0.2) is 0 Å². The molecular formula is C13H12N2S.